The Morgan fingerprint density at radius 1 is 1.38 bits per heavy atom. The standard InChI is InChI=1S/C16H26N4O/c1-11(16(21)17-12-6-3-4-7-12)20(2)10-15-13-8-5-9-14(13)18-19-15/h11-12H,3-10H2,1-2H3,(H,17,21)(H,18,19)/t11-/m0/s1. The van der Waals surface area contributed by atoms with Crippen molar-refractivity contribution in [1.29, 1.82) is 0 Å². The Balaban J connectivity index is 1.56. The van der Waals surface area contributed by atoms with Crippen LogP contribution in [0.15, 0.2) is 0 Å². The second-order valence-corrected chi connectivity index (χ2v) is 6.56. The van der Waals surface area contributed by atoms with Crippen LogP contribution in [0.1, 0.15) is 56.0 Å². The van der Waals surface area contributed by atoms with E-state index in [2.05, 4.69) is 20.4 Å². The first kappa shape index (κ1) is 14.6. The van der Waals surface area contributed by atoms with Gasteiger partial charge in [0, 0.05) is 18.3 Å². The van der Waals surface area contributed by atoms with Crippen LogP contribution in [-0.4, -0.2) is 40.1 Å². The lowest BCUT2D eigenvalue weighted by Crippen LogP contribution is -2.46. The number of aromatic amines is 1. The Morgan fingerprint density at radius 3 is 2.90 bits per heavy atom. The number of aryl methyl sites for hydroxylation is 1. The lowest BCUT2D eigenvalue weighted by Gasteiger charge is -2.25. The molecule has 2 aliphatic carbocycles. The zero-order valence-electron chi connectivity index (χ0n) is 13.1. The fraction of sp³-hybridized carbons (Fsp3) is 0.750. The van der Waals surface area contributed by atoms with Gasteiger partial charge in [-0.15, -0.1) is 0 Å². The lowest BCUT2D eigenvalue weighted by atomic mass is 10.1. The van der Waals surface area contributed by atoms with Crippen LogP contribution < -0.4 is 5.32 Å². The van der Waals surface area contributed by atoms with Crippen LogP contribution in [-0.2, 0) is 24.2 Å². The Hall–Kier alpha value is -1.36. The molecule has 0 unspecified atom stereocenters. The van der Waals surface area contributed by atoms with Crippen LogP contribution in [0.3, 0.4) is 0 Å². The van der Waals surface area contributed by atoms with E-state index in [4.69, 9.17) is 0 Å². The summed E-state index contributed by atoms with van der Waals surface area (Å²) in [7, 11) is 2.01. The molecule has 0 radical (unpaired) electrons. The molecule has 1 aromatic heterocycles. The van der Waals surface area contributed by atoms with Crippen molar-refractivity contribution in [1.82, 2.24) is 20.4 Å². The molecular weight excluding hydrogens is 264 g/mol. The maximum atomic E-state index is 12.3. The average Bonchev–Trinajstić information content (AvgIpc) is 3.17. The van der Waals surface area contributed by atoms with E-state index in [9.17, 15) is 4.79 Å². The van der Waals surface area contributed by atoms with E-state index in [1.54, 1.807) is 0 Å². The van der Waals surface area contributed by atoms with Crippen molar-refractivity contribution in [2.45, 2.75) is 70.5 Å². The van der Waals surface area contributed by atoms with Crippen LogP contribution in [0.4, 0.5) is 0 Å². The van der Waals surface area contributed by atoms with Gasteiger partial charge in [0.15, 0.2) is 0 Å². The molecule has 0 spiro atoms. The van der Waals surface area contributed by atoms with Crippen LogP contribution in [0.2, 0.25) is 0 Å². The van der Waals surface area contributed by atoms with E-state index >= 15 is 0 Å². The molecule has 116 valence electrons. The highest BCUT2D eigenvalue weighted by Gasteiger charge is 2.25. The number of hydrogen-bond acceptors (Lipinski definition) is 3. The van der Waals surface area contributed by atoms with Gasteiger partial charge in [-0.25, -0.2) is 0 Å². The molecule has 5 heteroatoms. The normalized spacial score (nSPS) is 20.0. The zero-order chi connectivity index (χ0) is 14.8. The number of carbonyl (C=O) groups is 1. The third-order valence-electron chi connectivity index (χ3n) is 5.03. The van der Waals surface area contributed by atoms with Crippen molar-refractivity contribution in [3.8, 4) is 0 Å². The minimum Gasteiger partial charge on any atom is -0.352 e. The Morgan fingerprint density at radius 2 is 2.14 bits per heavy atom. The van der Waals surface area contributed by atoms with Crippen LogP contribution >= 0.6 is 0 Å². The maximum absolute atomic E-state index is 12.3. The van der Waals surface area contributed by atoms with Gasteiger partial charge in [0.25, 0.3) is 0 Å². The molecule has 0 saturated heterocycles. The van der Waals surface area contributed by atoms with Crippen molar-refractivity contribution in [3.63, 3.8) is 0 Å². The van der Waals surface area contributed by atoms with Crippen LogP contribution in [0, 0.1) is 0 Å². The summed E-state index contributed by atoms with van der Waals surface area (Å²) in [4.78, 5) is 14.4. The molecule has 1 aromatic rings. The Bertz CT molecular complexity index is 504. The summed E-state index contributed by atoms with van der Waals surface area (Å²) < 4.78 is 0. The van der Waals surface area contributed by atoms with Crippen molar-refractivity contribution in [3.05, 3.63) is 17.0 Å². The molecule has 0 bridgehead atoms. The minimum absolute atomic E-state index is 0.112. The van der Waals surface area contributed by atoms with Crippen molar-refractivity contribution < 1.29 is 4.79 Å². The first-order chi connectivity index (χ1) is 10.1. The monoisotopic (exact) mass is 290 g/mol. The first-order valence-electron chi connectivity index (χ1n) is 8.20. The van der Waals surface area contributed by atoms with Gasteiger partial charge in [0.2, 0.25) is 5.91 Å². The van der Waals surface area contributed by atoms with E-state index in [0.717, 1.165) is 37.9 Å². The number of carbonyl (C=O) groups excluding carboxylic acids is 1. The average molecular weight is 290 g/mol. The molecule has 0 aromatic carbocycles. The summed E-state index contributed by atoms with van der Waals surface area (Å²) in [5.74, 6) is 0.150. The third-order valence-corrected chi connectivity index (χ3v) is 5.03. The van der Waals surface area contributed by atoms with E-state index in [1.165, 1.54) is 30.5 Å². The summed E-state index contributed by atoms with van der Waals surface area (Å²) in [6.45, 7) is 2.72. The molecule has 2 aliphatic rings. The highest BCUT2D eigenvalue weighted by atomic mass is 16.2. The summed E-state index contributed by atoms with van der Waals surface area (Å²) in [5.41, 5.74) is 3.79. The molecule has 3 rings (SSSR count). The zero-order valence-corrected chi connectivity index (χ0v) is 13.1. The van der Waals surface area contributed by atoms with Gasteiger partial charge in [-0.3, -0.25) is 14.8 Å². The molecule has 0 aliphatic heterocycles. The molecule has 1 fully saturated rings. The molecule has 1 amide bonds. The Labute approximate surface area is 126 Å². The molecule has 1 saturated carbocycles. The van der Waals surface area contributed by atoms with Crippen molar-refractivity contribution in [2.24, 2.45) is 0 Å². The third kappa shape index (κ3) is 3.12. The number of nitrogens with zero attached hydrogens (tertiary/aromatic N) is 2. The molecule has 5 nitrogen and oxygen atoms in total. The molecule has 1 heterocycles. The summed E-state index contributed by atoms with van der Waals surface area (Å²) in [5, 5.41) is 10.7. The smallest absolute Gasteiger partial charge is 0.237 e. The van der Waals surface area contributed by atoms with Gasteiger partial charge < -0.3 is 5.32 Å². The van der Waals surface area contributed by atoms with Crippen molar-refractivity contribution >= 4 is 5.91 Å². The highest BCUT2D eigenvalue weighted by molar-refractivity contribution is 5.81. The number of fused-ring (bicyclic) bond motifs is 1. The summed E-state index contributed by atoms with van der Waals surface area (Å²) in [6.07, 6.45) is 8.22. The van der Waals surface area contributed by atoms with Gasteiger partial charge in [-0.1, -0.05) is 12.8 Å². The van der Waals surface area contributed by atoms with Gasteiger partial charge >= 0.3 is 0 Å². The van der Waals surface area contributed by atoms with Gasteiger partial charge in [0.05, 0.1) is 11.7 Å². The predicted octanol–water partition coefficient (Wildman–Crippen LogP) is 1.78. The fourth-order valence-electron chi connectivity index (χ4n) is 3.48. The first-order valence-corrected chi connectivity index (χ1v) is 8.20. The number of nitrogens with one attached hydrogen (secondary N) is 2. The highest BCUT2D eigenvalue weighted by Crippen LogP contribution is 2.24. The molecule has 1 atom stereocenters. The van der Waals surface area contributed by atoms with Crippen molar-refractivity contribution in [2.75, 3.05) is 7.05 Å². The van der Waals surface area contributed by atoms with E-state index in [0.29, 0.717) is 6.04 Å². The number of amides is 1. The van der Waals surface area contributed by atoms with E-state index in [-0.39, 0.29) is 11.9 Å². The summed E-state index contributed by atoms with van der Waals surface area (Å²) >= 11 is 0. The summed E-state index contributed by atoms with van der Waals surface area (Å²) in [6, 6.07) is 0.280. The molecule has 21 heavy (non-hydrogen) atoms. The SMILES string of the molecule is C[C@@H](C(=O)NC1CCCC1)N(C)Cc1n[nH]c2c1CCC2. The van der Waals surface area contributed by atoms with E-state index in [1.807, 2.05) is 14.0 Å². The minimum atomic E-state index is -0.112. The van der Waals surface area contributed by atoms with Gasteiger partial charge in [-0.2, -0.15) is 5.10 Å². The maximum Gasteiger partial charge on any atom is 0.237 e. The molecular formula is C16H26N4O. The van der Waals surface area contributed by atoms with Gasteiger partial charge in [-0.05, 0) is 51.6 Å². The number of likely N-dealkylation sites (N-methyl/N-ethyl adjacent to an activating group) is 1. The Kier molecular flexibility index (Phi) is 4.29. The van der Waals surface area contributed by atoms with E-state index < -0.39 is 0 Å². The number of hydrogen-bond donors (Lipinski definition) is 2. The number of rotatable bonds is 5. The number of H-pyrrole nitrogens is 1. The second kappa shape index (κ2) is 6.18. The fourth-order valence-corrected chi connectivity index (χ4v) is 3.48. The second-order valence-electron chi connectivity index (χ2n) is 6.56. The van der Waals surface area contributed by atoms with Crippen LogP contribution in [0.5, 0.6) is 0 Å². The largest absolute Gasteiger partial charge is 0.352 e. The molecule has 2 N–H and O–H groups in total. The predicted molar refractivity (Wildman–Crippen MR) is 81.9 cm³/mol. The topological polar surface area (TPSA) is 61.0 Å². The lowest BCUT2D eigenvalue weighted by molar-refractivity contribution is -0.126. The van der Waals surface area contributed by atoms with Gasteiger partial charge in [0.1, 0.15) is 0 Å². The quantitative estimate of drug-likeness (QED) is 0.869. The van der Waals surface area contributed by atoms with Crippen LogP contribution in [0.25, 0.3) is 0 Å². The number of aromatic nitrogens is 2.